The van der Waals surface area contributed by atoms with Crippen molar-refractivity contribution >= 4 is 28.5 Å². The van der Waals surface area contributed by atoms with Crippen LogP contribution in [0, 0.1) is 8.99 Å². The van der Waals surface area contributed by atoms with E-state index in [1.165, 1.54) is 0 Å². The normalized spacial score (nSPS) is 22.5. The first-order valence-corrected chi connectivity index (χ1v) is 7.34. The molecule has 1 fully saturated rings. The highest BCUT2D eigenvalue weighted by atomic mass is 127. The number of carbonyl (C=O) groups is 1. The first kappa shape index (κ1) is 13.8. The van der Waals surface area contributed by atoms with Crippen molar-refractivity contribution in [3.05, 3.63) is 33.4 Å². The number of nitrogens with one attached hydrogen (secondary N) is 2. The second kappa shape index (κ2) is 5.57. The summed E-state index contributed by atoms with van der Waals surface area (Å²) in [5.74, 6) is 0.0356. The third kappa shape index (κ3) is 3.23. The van der Waals surface area contributed by atoms with Gasteiger partial charge in [0.25, 0.3) is 5.91 Å². The molecule has 1 saturated heterocycles. The van der Waals surface area contributed by atoms with E-state index in [2.05, 4.69) is 47.1 Å². The van der Waals surface area contributed by atoms with Crippen LogP contribution < -0.4 is 10.6 Å². The Labute approximate surface area is 122 Å². The topological polar surface area (TPSA) is 41.1 Å². The Morgan fingerprint density at radius 3 is 2.94 bits per heavy atom. The summed E-state index contributed by atoms with van der Waals surface area (Å²) < 4.78 is 1.09. The van der Waals surface area contributed by atoms with Crippen molar-refractivity contribution in [1.29, 1.82) is 0 Å². The lowest BCUT2D eigenvalue weighted by Crippen LogP contribution is -2.54. The molecule has 2 N–H and O–H groups in total. The monoisotopic (exact) mass is 358 g/mol. The average Bonchev–Trinajstić information content (AvgIpc) is 2.31. The quantitative estimate of drug-likeness (QED) is 0.798. The fourth-order valence-corrected chi connectivity index (χ4v) is 2.85. The maximum atomic E-state index is 12.2. The molecule has 1 aromatic carbocycles. The molecule has 1 aliphatic rings. The first-order chi connectivity index (χ1) is 8.49. The Bertz CT molecular complexity index is 445. The van der Waals surface area contributed by atoms with Gasteiger partial charge in [-0.25, -0.2) is 0 Å². The number of halogens is 1. The number of benzene rings is 1. The number of hydrogen-bond donors (Lipinski definition) is 2. The van der Waals surface area contributed by atoms with E-state index in [1.54, 1.807) is 0 Å². The van der Waals surface area contributed by atoms with Crippen LogP contribution in [-0.2, 0) is 0 Å². The van der Waals surface area contributed by atoms with E-state index in [9.17, 15) is 4.79 Å². The second-order valence-corrected chi connectivity index (χ2v) is 6.74. The second-order valence-electron chi connectivity index (χ2n) is 5.49. The highest BCUT2D eigenvalue weighted by Gasteiger charge is 2.33. The van der Waals surface area contributed by atoms with Gasteiger partial charge in [-0.2, -0.15) is 0 Å². The van der Waals surface area contributed by atoms with E-state index in [-0.39, 0.29) is 17.4 Å². The Hall–Kier alpha value is -0.620. The van der Waals surface area contributed by atoms with Crippen molar-refractivity contribution in [2.24, 2.45) is 5.41 Å². The van der Waals surface area contributed by atoms with Gasteiger partial charge in [-0.05, 0) is 59.2 Å². The fourth-order valence-electron chi connectivity index (χ4n) is 2.31. The molecular formula is C14H19IN2O. The van der Waals surface area contributed by atoms with Gasteiger partial charge in [-0.3, -0.25) is 4.79 Å². The van der Waals surface area contributed by atoms with Crippen molar-refractivity contribution in [2.75, 3.05) is 13.1 Å². The third-order valence-electron chi connectivity index (χ3n) is 3.53. The van der Waals surface area contributed by atoms with E-state index >= 15 is 0 Å². The van der Waals surface area contributed by atoms with Crippen LogP contribution in [0.15, 0.2) is 24.3 Å². The van der Waals surface area contributed by atoms with E-state index in [0.29, 0.717) is 0 Å². The SMILES string of the molecule is CC1(C)CNCCC1NC(=O)c1cccc(I)c1. The van der Waals surface area contributed by atoms with Crippen molar-refractivity contribution in [3.63, 3.8) is 0 Å². The largest absolute Gasteiger partial charge is 0.349 e. The summed E-state index contributed by atoms with van der Waals surface area (Å²) in [6, 6.07) is 7.94. The van der Waals surface area contributed by atoms with Crippen LogP contribution in [0.3, 0.4) is 0 Å². The van der Waals surface area contributed by atoms with E-state index in [0.717, 1.165) is 28.6 Å². The standard InChI is InChI=1S/C14H19IN2O/c1-14(2)9-16-7-6-12(14)17-13(18)10-4-3-5-11(15)8-10/h3-5,8,12,16H,6-7,9H2,1-2H3,(H,17,18). The molecule has 98 valence electrons. The lowest BCUT2D eigenvalue weighted by atomic mass is 9.80. The molecule has 1 aromatic rings. The van der Waals surface area contributed by atoms with E-state index < -0.39 is 0 Å². The molecule has 1 atom stereocenters. The van der Waals surface area contributed by atoms with E-state index in [1.807, 2.05) is 24.3 Å². The summed E-state index contributed by atoms with van der Waals surface area (Å²) in [5.41, 5.74) is 0.854. The summed E-state index contributed by atoms with van der Waals surface area (Å²) >= 11 is 2.23. The highest BCUT2D eigenvalue weighted by molar-refractivity contribution is 14.1. The van der Waals surface area contributed by atoms with Crippen molar-refractivity contribution in [3.8, 4) is 0 Å². The molecule has 1 heterocycles. The van der Waals surface area contributed by atoms with Gasteiger partial charge in [0.15, 0.2) is 0 Å². The van der Waals surface area contributed by atoms with Gasteiger partial charge in [-0.1, -0.05) is 19.9 Å². The predicted octanol–water partition coefficient (Wildman–Crippen LogP) is 2.41. The van der Waals surface area contributed by atoms with Crippen molar-refractivity contribution < 1.29 is 4.79 Å². The molecule has 2 rings (SSSR count). The minimum atomic E-state index is 0.0356. The van der Waals surface area contributed by atoms with Gasteiger partial charge >= 0.3 is 0 Å². The molecule has 1 amide bonds. The maximum absolute atomic E-state index is 12.2. The van der Waals surface area contributed by atoms with Crippen LogP contribution >= 0.6 is 22.6 Å². The summed E-state index contributed by atoms with van der Waals surface area (Å²) in [6.45, 7) is 6.31. The van der Waals surface area contributed by atoms with E-state index in [4.69, 9.17) is 0 Å². The Balaban J connectivity index is 2.07. The molecule has 0 bridgehead atoms. The molecule has 3 nitrogen and oxygen atoms in total. The Morgan fingerprint density at radius 2 is 2.28 bits per heavy atom. The highest BCUT2D eigenvalue weighted by Crippen LogP contribution is 2.25. The minimum absolute atomic E-state index is 0.0356. The lowest BCUT2D eigenvalue weighted by Gasteiger charge is -2.39. The van der Waals surface area contributed by atoms with Gasteiger partial charge in [0, 0.05) is 21.7 Å². The van der Waals surface area contributed by atoms with Gasteiger partial charge < -0.3 is 10.6 Å². The Morgan fingerprint density at radius 1 is 1.50 bits per heavy atom. The predicted molar refractivity (Wildman–Crippen MR) is 81.7 cm³/mol. The first-order valence-electron chi connectivity index (χ1n) is 6.26. The minimum Gasteiger partial charge on any atom is -0.349 e. The van der Waals surface area contributed by atoms with Crippen LogP contribution in [0.4, 0.5) is 0 Å². The molecule has 18 heavy (non-hydrogen) atoms. The van der Waals surface area contributed by atoms with Crippen LogP contribution in [0.1, 0.15) is 30.6 Å². The Kier molecular flexibility index (Phi) is 4.27. The van der Waals surface area contributed by atoms with Crippen molar-refractivity contribution in [2.45, 2.75) is 26.3 Å². The van der Waals surface area contributed by atoms with Crippen LogP contribution in [0.2, 0.25) is 0 Å². The van der Waals surface area contributed by atoms with Crippen LogP contribution in [-0.4, -0.2) is 25.0 Å². The third-order valence-corrected chi connectivity index (χ3v) is 4.20. The molecule has 1 unspecified atom stereocenters. The number of piperidine rings is 1. The molecule has 0 radical (unpaired) electrons. The van der Waals surface area contributed by atoms with Gasteiger partial charge in [0.2, 0.25) is 0 Å². The smallest absolute Gasteiger partial charge is 0.251 e. The summed E-state index contributed by atoms with van der Waals surface area (Å²) in [6.07, 6.45) is 0.989. The van der Waals surface area contributed by atoms with Gasteiger partial charge in [0.05, 0.1) is 0 Å². The summed E-state index contributed by atoms with van der Waals surface area (Å²) in [7, 11) is 0. The zero-order valence-electron chi connectivity index (χ0n) is 10.8. The molecular weight excluding hydrogens is 339 g/mol. The molecule has 0 saturated carbocycles. The van der Waals surface area contributed by atoms with Gasteiger partial charge in [-0.15, -0.1) is 0 Å². The molecule has 0 spiro atoms. The number of amides is 1. The number of carbonyl (C=O) groups excluding carboxylic acids is 1. The fraction of sp³-hybridized carbons (Fsp3) is 0.500. The number of hydrogen-bond acceptors (Lipinski definition) is 2. The zero-order valence-corrected chi connectivity index (χ0v) is 13.0. The van der Waals surface area contributed by atoms with Crippen molar-refractivity contribution in [1.82, 2.24) is 10.6 Å². The average molecular weight is 358 g/mol. The maximum Gasteiger partial charge on any atom is 0.251 e. The zero-order chi connectivity index (χ0) is 13.2. The number of rotatable bonds is 2. The lowest BCUT2D eigenvalue weighted by molar-refractivity contribution is 0.0868. The molecule has 1 aliphatic heterocycles. The summed E-state index contributed by atoms with van der Waals surface area (Å²) in [5, 5.41) is 6.54. The van der Waals surface area contributed by atoms with Crippen LogP contribution in [0.5, 0.6) is 0 Å². The molecule has 0 aromatic heterocycles. The molecule has 4 heteroatoms. The van der Waals surface area contributed by atoms with Crippen LogP contribution in [0.25, 0.3) is 0 Å². The van der Waals surface area contributed by atoms with Gasteiger partial charge in [0.1, 0.15) is 0 Å². The summed E-state index contributed by atoms with van der Waals surface area (Å²) in [4.78, 5) is 12.2. The molecule has 0 aliphatic carbocycles.